The lowest BCUT2D eigenvalue weighted by Gasteiger charge is -2.29. The molecule has 1 aliphatic rings. The smallest absolute Gasteiger partial charge is 0.253 e. The van der Waals surface area contributed by atoms with Crippen molar-refractivity contribution in [3.05, 3.63) is 35.9 Å². The number of morpholine rings is 1. The van der Waals surface area contributed by atoms with E-state index in [9.17, 15) is 4.79 Å². The fourth-order valence-corrected chi connectivity index (χ4v) is 2.20. The number of amides is 1. The maximum atomic E-state index is 12.5. The molecule has 1 heterocycles. The van der Waals surface area contributed by atoms with E-state index in [4.69, 9.17) is 9.47 Å². The molecule has 2 rings (SSSR count). The Labute approximate surface area is 119 Å². The van der Waals surface area contributed by atoms with Gasteiger partial charge in [-0.05, 0) is 5.56 Å². The van der Waals surface area contributed by atoms with Gasteiger partial charge in [0, 0.05) is 33.3 Å². The number of ether oxygens (including phenoxy) is 2. The first-order valence-electron chi connectivity index (χ1n) is 6.95. The summed E-state index contributed by atoms with van der Waals surface area (Å²) in [6, 6.07) is 9.97. The monoisotopic (exact) mass is 278 g/mol. The number of hydrogen-bond donors (Lipinski definition) is 1. The highest BCUT2D eigenvalue weighted by molar-refractivity contribution is 5.81. The Hall–Kier alpha value is -1.43. The van der Waals surface area contributed by atoms with Crippen LogP contribution in [0.15, 0.2) is 30.3 Å². The summed E-state index contributed by atoms with van der Waals surface area (Å²) < 4.78 is 10.6. The Bertz CT molecular complexity index is 405. The number of rotatable bonds is 6. The maximum Gasteiger partial charge on any atom is 0.253 e. The number of nitrogens with one attached hydrogen (secondary N) is 1. The van der Waals surface area contributed by atoms with Gasteiger partial charge in [-0.3, -0.25) is 4.79 Å². The molecule has 1 aliphatic heterocycles. The second-order valence-corrected chi connectivity index (χ2v) is 4.80. The van der Waals surface area contributed by atoms with Crippen LogP contribution in [0.1, 0.15) is 5.56 Å². The summed E-state index contributed by atoms with van der Waals surface area (Å²) in [5.41, 5.74) is 1.11. The highest BCUT2D eigenvalue weighted by Crippen LogP contribution is 2.09. The number of nitrogens with zero attached hydrogens (tertiary/aromatic N) is 1. The molecule has 1 amide bonds. The maximum absolute atomic E-state index is 12.5. The standard InChI is InChI=1S/C15H22N2O3/c1-19-10-8-17(12-13-5-3-2-4-6-13)15(18)14-11-16-7-9-20-14/h2-6,14,16H,7-12H2,1H3. The first-order valence-corrected chi connectivity index (χ1v) is 6.95. The summed E-state index contributed by atoms with van der Waals surface area (Å²) in [4.78, 5) is 14.3. The highest BCUT2D eigenvalue weighted by Gasteiger charge is 2.26. The minimum Gasteiger partial charge on any atom is -0.383 e. The molecule has 110 valence electrons. The van der Waals surface area contributed by atoms with Crippen molar-refractivity contribution in [2.75, 3.05) is 40.0 Å². The molecule has 20 heavy (non-hydrogen) atoms. The molecule has 0 saturated carbocycles. The first kappa shape index (κ1) is 15.0. The average Bonchev–Trinajstić information content (AvgIpc) is 2.52. The fourth-order valence-electron chi connectivity index (χ4n) is 2.20. The van der Waals surface area contributed by atoms with Gasteiger partial charge in [-0.25, -0.2) is 0 Å². The van der Waals surface area contributed by atoms with Crippen molar-refractivity contribution >= 4 is 5.91 Å². The first-order chi connectivity index (χ1) is 9.81. The Morgan fingerprint density at radius 2 is 2.25 bits per heavy atom. The third kappa shape index (κ3) is 4.30. The number of carbonyl (C=O) groups excluding carboxylic acids is 1. The number of benzene rings is 1. The second-order valence-electron chi connectivity index (χ2n) is 4.80. The van der Waals surface area contributed by atoms with Gasteiger partial charge >= 0.3 is 0 Å². The van der Waals surface area contributed by atoms with Gasteiger partial charge in [0.25, 0.3) is 5.91 Å². The zero-order valence-corrected chi connectivity index (χ0v) is 11.9. The van der Waals surface area contributed by atoms with Gasteiger partial charge in [0.2, 0.25) is 0 Å². The summed E-state index contributed by atoms with van der Waals surface area (Å²) in [5.74, 6) is 0.0260. The van der Waals surface area contributed by atoms with Gasteiger partial charge in [-0.1, -0.05) is 30.3 Å². The predicted molar refractivity (Wildman–Crippen MR) is 76.3 cm³/mol. The van der Waals surface area contributed by atoms with Crippen molar-refractivity contribution in [1.82, 2.24) is 10.2 Å². The van der Waals surface area contributed by atoms with Crippen LogP contribution < -0.4 is 5.32 Å². The SMILES string of the molecule is COCCN(Cc1ccccc1)C(=O)C1CNCCO1. The summed E-state index contributed by atoms with van der Waals surface area (Å²) >= 11 is 0. The molecule has 5 heteroatoms. The Morgan fingerprint density at radius 1 is 1.45 bits per heavy atom. The van der Waals surface area contributed by atoms with Crippen LogP contribution in [-0.2, 0) is 20.8 Å². The Morgan fingerprint density at radius 3 is 2.90 bits per heavy atom. The van der Waals surface area contributed by atoms with Crippen LogP contribution in [-0.4, -0.2) is 56.9 Å². The molecule has 0 aromatic heterocycles. The van der Waals surface area contributed by atoms with E-state index < -0.39 is 0 Å². The van der Waals surface area contributed by atoms with Crippen LogP contribution in [0.3, 0.4) is 0 Å². The predicted octanol–water partition coefficient (Wildman–Crippen LogP) is 0.650. The average molecular weight is 278 g/mol. The Kier molecular flexibility index (Phi) is 5.98. The normalized spacial score (nSPS) is 18.8. The molecule has 5 nitrogen and oxygen atoms in total. The third-order valence-electron chi connectivity index (χ3n) is 3.30. The van der Waals surface area contributed by atoms with E-state index in [1.807, 2.05) is 30.3 Å². The molecule has 1 aromatic carbocycles. The van der Waals surface area contributed by atoms with Crippen LogP contribution in [0.4, 0.5) is 0 Å². The molecule has 1 saturated heterocycles. The topological polar surface area (TPSA) is 50.8 Å². The Balaban J connectivity index is 2.00. The third-order valence-corrected chi connectivity index (χ3v) is 3.30. The molecule has 0 bridgehead atoms. The lowest BCUT2D eigenvalue weighted by molar-refractivity contribution is -0.146. The molecule has 0 spiro atoms. The molecule has 1 unspecified atom stereocenters. The largest absolute Gasteiger partial charge is 0.383 e. The molecule has 0 radical (unpaired) electrons. The van der Waals surface area contributed by atoms with Gasteiger partial charge < -0.3 is 19.7 Å². The van der Waals surface area contributed by atoms with Crippen molar-refractivity contribution in [2.45, 2.75) is 12.6 Å². The van der Waals surface area contributed by atoms with E-state index in [1.165, 1.54) is 0 Å². The zero-order chi connectivity index (χ0) is 14.2. The van der Waals surface area contributed by atoms with Crippen molar-refractivity contribution < 1.29 is 14.3 Å². The van der Waals surface area contributed by atoms with Crippen LogP contribution in [0.25, 0.3) is 0 Å². The van der Waals surface area contributed by atoms with Crippen LogP contribution in [0.2, 0.25) is 0 Å². The second kappa shape index (κ2) is 7.99. The fraction of sp³-hybridized carbons (Fsp3) is 0.533. The molecule has 1 aromatic rings. The minimum atomic E-state index is -0.385. The minimum absolute atomic E-state index is 0.0260. The van der Waals surface area contributed by atoms with Gasteiger partial charge in [0.1, 0.15) is 6.10 Å². The van der Waals surface area contributed by atoms with E-state index in [1.54, 1.807) is 12.0 Å². The van der Waals surface area contributed by atoms with Gasteiger partial charge in [0.05, 0.1) is 13.2 Å². The molecule has 1 fully saturated rings. The van der Waals surface area contributed by atoms with E-state index in [2.05, 4.69) is 5.32 Å². The van der Waals surface area contributed by atoms with E-state index in [0.29, 0.717) is 32.8 Å². The molecular formula is C15H22N2O3. The van der Waals surface area contributed by atoms with Crippen LogP contribution >= 0.6 is 0 Å². The zero-order valence-electron chi connectivity index (χ0n) is 11.9. The van der Waals surface area contributed by atoms with Gasteiger partial charge in [0.15, 0.2) is 0 Å². The van der Waals surface area contributed by atoms with E-state index in [0.717, 1.165) is 12.1 Å². The quantitative estimate of drug-likeness (QED) is 0.830. The number of methoxy groups -OCH3 is 1. The number of carbonyl (C=O) groups is 1. The van der Waals surface area contributed by atoms with Gasteiger partial charge in [-0.2, -0.15) is 0 Å². The lowest BCUT2D eigenvalue weighted by Crippen LogP contribution is -2.49. The van der Waals surface area contributed by atoms with Crippen LogP contribution in [0, 0.1) is 0 Å². The van der Waals surface area contributed by atoms with Crippen molar-refractivity contribution in [2.24, 2.45) is 0 Å². The molecule has 1 atom stereocenters. The van der Waals surface area contributed by atoms with Crippen molar-refractivity contribution in [3.8, 4) is 0 Å². The van der Waals surface area contributed by atoms with Crippen LogP contribution in [0.5, 0.6) is 0 Å². The van der Waals surface area contributed by atoms with Crippen molar-refractivity contribution in [3.63, 3.8) is 0 Å². The molecule has 0 aliphatic carbocycles. The van der Waals surface area contributed by atoms with Crippen molar-refractivity contribution in [1.29, 1.82) is 0 Å². The lowest BCUT2D eigenvalue weighted by atomic mass is 10.2. The summed E-state index contributed by atoms with van der Waals surface area (Å²) in [6.45, 7) is 3.66. The molecule has 1 N–H and O–H groups in total. The highest BCUT2D eigenvalue weighted by atomic mass is 16.5. The van der Waals surface area contributed by atoms with Gasteiger partial charge in [-0.15, -0.1) is 0 Å². The van der Waals surface area contributed by atoms with E-state index in [-0.39, 0.29) is 12.0 Å². The molecular weight excluding hydrogens is 256 g/mol. The number of hydrogen-bond acceptors (Lipinski definition) is 4. The summed E-state index contributed by atoms with van der Waals surface area (Å²) in [5, 5.41) is 3.19. The summed E-state index contributed by atoms with van der Waals surface area (Å²) in [6.07, 6.45) is -0.385. The summed E-state index contributed by atoms with van der Waals surface area (Å²) in [7, 11) is 1.64. The van der Waals surface area contributed by atoms with E-state index >= 15 is 0 Å².